The minimum Gasteiger partial charge on any atom is -0.508 e. The maximum atomic E-state index is 12.1. The third-order valence-corrected chi connectivity index (χ3v) is 3.81. The average molecular weight is 328 g/mol. The van der Waals surface area contributed by atoms with Gasteiger partial charge in [-0.15, -0.1) is 0 Å². The number of phenols is 1. The van der Waals surface area contributed by atoms with Crippen LogP contribution in [0.2, 0.25) is 0 Å². The number of carbonyl (C=O) groups excluding carboxylic acids is 1. The van der Waals surface area contributed by atoms with Crippen LogP contribution in [0, 0.1) is 0 Å². The number of ether oxygens (including phenoxy) is 2. The van der Waals surface area contributed by atoms with Crippen molar-refractivity contribution in [3.8, 4) is 17.2 Å². The Morgan fingerprint density at radius 1 is 1.17 bits per heavy atom. The Morgan fingerprint density at radius 2 is 1.92 bits per heavy atom. The van der Waals surface area contributed by atoms with E-state index in [0.29, 0.717) is 17.2 Å². The number of carbonyl (C=O) groups is 1. The number of rotatable bonds is 5. The molecule has 3 N–H and O–H groups in total. The van der Waals surface area contributed by atoms with E-state index in [-0.39, 0.29) is 24.6 Å². The molecule has 1 aliphatic heterocycles. The zero-order chi connectivity index (χ0) is 16.9. The van der Waals surface area contributed by atoms with E-state index in [1.54, 1.807) is 30.3 Å². The summed E-state index contributed by atoms with van der Waals surface area (Å²) in [6.07, 6.45) is 1.63. The van der Waals surface area contributed by atoms with Crippen molar-refractivity contribution in [2.24, 2.45) is 0 Å². The van der Waals surface area contributed by atoms with Gasteiger partial charge in [0.2, 0.25) is 6.79 Å². The van der Waals surface area contributed by atoms with Crippen molar-refractivity contribution in [3.05, 3.63) is 48.0 Å². The molecule has 2 amide bonds. The van der Waals surface area contributed by atoms with Gasteiger partial charge >= 0.3 is 6.03 Å². The normalized spacial score (nSPS) is 13.4. The molecule has 1 heterocycles. The first-order valence-electron chi connectivity index (χ1n) is 7.85. The standard InChI is InChI=1S/C18H20N2O4/c1-12(2-3-13-4-7-15(21)8-5-13)19-18(22)20-14-6-9-16-17(10-14)24-11-23-16/h4-10,12,21H,2-3,11H2,1H3,(H2,19,20,22)/t12-/m0/s1. The zero-order valence-electron chi connectivity index (χ0n) is 13.4. The zero-order valence-corrected chi connectivity index (χ0v) is 13.4. The van der Waals surface area contributed by atoms with Gasteiger partial charge in [-0.2, -0.15) is 0 Å². The topological polar surface area (TPSA) is 79.8 Å². The van der Waals surface area contributed by atoms with Gasteiger partial charge in [0.15, 0.2) is 11.5 Å². The molecule has 1 atom stereocenters. The summed E-state index contributed by atoms with van der Waals surface area (Å²) in [4.78, 5) is 12.1. The van der Waals surface area contributed by atoms with Crippen molar-refractivity contribution in [1.29, 1.82) is 0 Å². The number of urea groups is 1. The van der Waals surface area contributed by atoms with E-state index in [4.69, 9.17) is 9.47 Å². The second-order valence-electron chi connectivity index (χ2n) is 5.77. The number of hydrogen-bond acceptors (Lipinski definition) is 4. The summed E-state index contributed by atoms with van der Waals surface area (Å²) < 4.78 is 10.5. The molecule has 2 aromatic rings. The summed E-state index contributed by atoms with van der Waals surface area (Å²) in [5, 5.41) is 15.0. The van der Waals surface area contributed by atoms with Crippen LogP contribution in [0.5, 0.6) is 17.2 Å². The van der Waals surface area contributed by atoms with Gasteiger partial charge in [-0.05, 0) is 49.6 Å². The van der Waals surface area contributed by atoms with Crippen LogP contribution in [0.15, 0.2) is 42.5 Å². The minimum absolute atomic E-state index is 0.0211. The largest absolute Gasteiger partial charge is 0.508 e. The lowest BCUT2D eigenvalue weighted by molar-refractivity contribution is 0.174. The summed E-state index contributed by atoms with van der Waals surface area (Å²) in [5.41, 5.74) is 1.78. The summed E-state index contributed by atoms with van der Waals surface area (Å²) in [6.45, 7) is 2.17. The van der Waals surface area contributed by atoms with E-state index < -0.39 is 0 Å². The van der Waals surface area contributed by atoms with Crippen LogP contribution in [-0.4, -0.2) is 24.0 Å². The molecular formula is C18H20N2O4. The lowest BCUT2D eigenvalue weighted by Gasteiger charge is -2.15. The molecule has 0 aromatic heterocycles. The predicted octanol–water partition coefficient (Wildman–Crippen LogP) is 3.26. The number of aryl methyl sites for hydroxylation is 1. The van der Waals surface area contributed by atoms with Gasteiger partial charge < -0.3 is 25.2 Å². The molecule has 126 valence electrons. The Hall–Kier alpha value is -2.89. The van der Waals surface area contributed by atoms with E-state index in [2.05, 4.69) is 10.6 Å². The molecule has 24 heavy (non-hydrogen) atoms. The molecule has 0 aliphatic carbocycles. The maximum absolute atomic E-state index is 12.1. The monoisotopic (exact) mass is 328 g/mol. The lowest BCUT2D eigenvalue weighted by atomic mass is 10.1. The van der Waals surface area contributed by atoms with Crippen LogP contribution >= 0.6 is 0 Å². The Kier molecular flexibility index (Phi) is 4.74. The van der Waals surface area contributed by atoms with Gasteiger partial charge in [-0.3, -0.25) is 0 Å². The van der Waals surface area contributed by atoms with Crippen molar-refractivity contribution in [2.75, 3.05) is 12.1 Å². The van der Waals surface area contributed by atoms with Gasteiger partial charge in [0.05, 0.1) is 0 Å². The molecule has 6 nitrogen and oxygen atoms in total. The highest BCUT2D eigenvalue weighted by Gasteiger charge is 2.14. The average Bonchev–Trinajstić information content (AvgIpc) is 3.02. The van der Waals surface area contributed by atoms with Crippen molar-refractivity contribution in [3.63, 3.8) is 0 Å². The molecule has 0 saturated heterocycles. The fourth-order valence-corrected chi connectivity index (χ4v) is 2.48. The van der Waals surface area contributed by atoms with Gasteiger partial charge in [0.25, 0.3) is 0 Å². The van der Waals surface area contributed by atoms with Gasteiger partial charge in [0, 0.05) is 17.8 Å². The molecule has 0 fully saturated rings. The van der Waals surface area contributed by atoms with E-state index >= 15 is 0 Å². The van der Waals surface area contributed by atoms with E-state index in [9.17, 15) is 9.90 Å². The fraction of sp³-hybridized carbons (Fsp3) is 0.278. The quantitative estimate of drug-likeness (QED) is 0.787. The maximum Gasteiger partial charge on any atom is 0.319 e. The highest BCUT2D eigenvalue weighted by atomic mass is 16.7. The third-order valence-electron chi connectivity index (χ3n) is 3.81. The molecule has 0 unspecified atom stereocenters. The Morgan fingerprint density at radius 3 is 2.71 bits per heavy atom. The molecule has 2 aromatic carbocycles. The molecule has 3 rings (SSSR count). The number of hydrogen-bond donors (Lipinski definition) is 3. The van der Waals surface area contributed by atoms with Crippen molar-refractivity contribution in [2.45, 2.75) is 25.8 Å². The summed E-state index contributed by atoms with van der Waals surface area (Å²) in [6, 6.07) is 12.1. The van der Waals surface area contributed by atoms with Crippen LogP contribution in [-0.2, 0) is 6.42 Å². The second-order valence-corrected chi connectivity index (χ2v) is 5.77. The van der Waals surface area contributed by atoms with E-state index in [1.807, 2.05) is 19.1 Å². The van der Waals surface area contributed by atoms with Gasteiger partial charge in [0.1, 0.15) is 5.75 Å². The number of amides is 2. The number of anilines is 1. The highest BCUT2D eigenvalue weighted by molar-refractivity contribution is 5.89. The minimum atomic E-state index is -0.257. The summed E-state index contributed by atoms with van der Waals surface area (Å²) in [7, 11) is 0. The smallest absolute Gasteiger partial charge is 0.319 e. The summed E-state index contributed by atoms with van der Waals surface area (Å²) >= 11 is 0. The lowest BCUT2D eigenvalue weighted by Crippen LogP contribution is -2.36. The van der Waals surface area contributed by atoms with Crippen molar-refractivity contribution < 1.29 is 19.4 Å². The van der Waals surface area contributed by atoms with E-state index in [0.717, 1.165) is 18.4 Å². The van der Waals surface area contributed by atoms with Crippen LogP contribution in [0.4, 0.5) is 10.5 Å². The number of fused-ring (bicyclic) bond motifs is 1. The molecule has 0 bridgehead atoms. The van der Waals surface area contributed by atoms with Crippen LogP contribution < -0.4 is 20.1 Å². The second kappa shape index (κ2) is 7.12. The molecule has 1 aliphatic rings. The molecule has 0 spiro atoms. The number of aromatic hydroxyl groups is 1. The molecule has 0 saturated carbocycles. The number of benzene rings is 2. The first-order chi connectivity index (χ1) is 11.6. The first kappa shape index (κ1) is 16.0. The molecular weight excluding hydrogens is 308 g/mol. The van der Waals surface area contributed by atoms with Crippen LogP contribution in [0.3, 0.4) is 0 Å². The predicted molar refractivity (Wildman–Crippen MR) is 90.6 cm³/mol. The highest BCUT2D eigenvalue weighted by Crippen LogP contribution is 2.34. The van der Waals surface area contributed by atoms with Crippen molar-refractivity contribution in [1.82, 2.24) is 5.32 Å². The Bertz CT molecular complexity index is 715. The van der Waals surface area contributed by atoms with Crippen LogP contribution in [0.25, 0.3) is 0 Å². The molecule has 6 heteroatoms. The SMILES string of the molecule is C[C@@H](CCc1ccc(O)cc1)NC(=O)Nc1ccc2c(c1)OCO2. The Labute approximate surface area is 140 Å². The van der Waals surface area contributed by atoms with Crippen LogP contribution in [0.1, 0.15) is 18.9 Å². The Balaban J connectivity index is 1.46. The number of nitrogens with one attached hydrogen (secondary N) is 2. The molecule has 0 radical (unpaired) electrons. The van der Waals surface area contributed by atoms with Crippen molar-refractivity contribution >= 4 is 11.7 Å². The fourth-order valence-electron chi connectivity index (χ4n) is 2.48. The van der Waals surface area contributed by atoms with Gasteiger partial charge in [-0.25, -0.2) is 4.79 Å². The third kappa shape index (κ3) is 4.10. The summed E-state index contributed by atoms with van der Waals surface area (Å²) in [5.74, 6) is 1.57. The number of phenolic OH excluding ortho intramolecular Hbond substituents is 1. The van der Waals surface area contributed by atoms with Gasteiger partial charge in [-0.1, -0.05) is 12.1 Å². The first-order valence-corrected chi connectivity index (χ1v) is 7.85. The van der Waals surface area contributed by atoms with E-state index in [1.165, 1.54) is 0 Å².